The largest absolute Gasteiger partial charge is 0.508 e. The maximum Gasteiger partial charge on any atom is 0.249 e. The highest BCUT2D eigenvalue weighted by Gasteiger charge is 2.38. The number of nitrogens with two attached hydrogens (primary N) is 2. The van der Waals surface area contributed by atoms with E-state index in [9.17, 15) is 24.6 Å². The quantitative estimate of drug-likeness (QED) is 0.117. The molecule has 0 saturated carbocycles. The molecule has 0 aromatic heterocycles. The normalized spacial score (nSPS) is 16.8. The first-order valence-corrected chi connectivity index (χ1v) is 13.0. The van der Waals surface area contributed by atoms with Gasteiger partial charge >= 0.3 is 0 Å². The third-order valence-corrected chi connectivity index (χ3v) is 6.26. The van der Waals surface area contributed by atoms with Crippen LogP contribution < -0.4 is 22.1 Å². The van der Waals surface area contributed by atoms with Crippen LogP contribution in [0.1, 0.15) is 57.9 Å². The van der Waals surface area contributed by atoms with Gasteiger partial charge in [-0.2, -0.15) is 0 Å². The van der Waals surface area contributed by atoms with E-state index < -0.39 is 24.1 Å². The molecule has 3 amide bonds. The molecule has 0 radical (unpaired) electrons. The zero-order valence-electron chi connectivity index (χ0n) is 21.9. The van der Waals surface area contributed by atoms with Gasteiger partial charge in [-0.05, 0) is 62.1 Å². The maximum atomic E-state index is 13.4. The number of hydrogen-bond acceptors (Lipinski definition) is 6. The molecule has 11 heteroatoms. The van der Waals surface area contributed by atoms with Crippen LogP contribution in [0.5, 0.6) is 5.75 Å². The van der Waals surface area contributed by atoms with Crippen molar-refractivity contribution < 1.29 is 24.6 Å². The van der Waals surface area contributed by atoms with E-state index in [4.69, 9.17) is 11.5 Å². The zero-order chi connectivity index (χ0) is 27.4. The van der Waals surface area contributed by atoms with Gasteiger partial charge in [0.05, 0.1) is 0 Å². The molecule has 0 spiro atoms. The molecule has 0 aliphatic carbocycles. The Hall–Kier alpha value is -3.34. The standard InChI is InChI=1S/C26H42N6O5/c1-17(2)15-20(31-24(36)22(34)16-18-8-10-19(33)11-9-18)25(37)32-14-6-7-21(32)23(35)29-12-4-3-5-13-30-26(27)28/h8-11,17,20-22,33-34H,3-7,12-16H2,1-2H3,(H,29,35)(H,31,36)(H4,27,28,30)/t20-,21+,22-/m1/s1. The van der Waals surface area contributed by atoms with Gasteiger partial charge in [-0.15, -0.1) is 0 Å². The van der Waals surface area contributed by atoms with E-state index in [0.717, 1.165) is 19.3 Å². The molecule has 1 saturated heterocycles. The number of hydrogen-bond donors (Lipinski definition) is 6. The summed E-state index contributed by atoms with van der Waals surface area (Å²) >= 11 is 0. The van der Waals surface area contributed by atoms with Crippen LogP contribution in [0, 0.1) is 5.92 Å². The molecule has 0 unspecified atom stereocenters. The van der Waals surface area contributed by atoms with Crippen molar-refractivity contribution in [3.05, 3.63) is 29.8 Å². The fourth-order valence-electron chi connectivity index (χ4n) is 4.36. The SMILES string of the molecule is CC(C)C[C@@H](NC(=O)[C@H](O)Cc1ccc(O)cc1)C(=O)N1CCC[C@H]1C(=O)NCCCCCN=C(N)N. The Morgan fingerprint density at radius 3 is 2.49 bits per heavy atom. The van der Waals surface area contributed by atoms with E-state index in [-0.39, 0.29) is 35.9 Å². The third kappa shape index (κ3) is 10.3. The number of amides is 3. The van der Waals surface area contributed by atoms with E-state index in [1.54, 1.807) is 17.0 Å². The van der Waals surface area contributed by atoms with Crippen molar-refractivity contribution in [1.29, 1.82) is 0 Å². The average Bonchev–Trinajstić information content (AvgIpc) is 3.33. The van der Waals surface area contributed by atoms with Crippen LogP contribution in [0.25, 0.3) is 0 Å². The summed E-state index contributed by atoms with van der Waals surface area (Å²) < 4.78 is 0. The van der Waals surface area contributed by atoms with Crippen molar-refractivity contribution in [2.75, 3.05) is 19.6 Å². The van der Waals surface area contributed by atoms with Crippen LogP contribution in [0.15, 0.2) is 29.3 Å². The number of likely N-dealkylation sites (tertiary alicyclic amines) is 1. The summed E-state index contributed by atoms with van der Waals surface area (Å²) in [4.78, 5) is 44.5. The second kappa shape index (κ2) is 15.0. The van der Waals surface area contributed by atoms with Crippen LogP contribution in [0.2, 0.25) is 0 Å². The highest BCUT2D eigenvalue weighted by molar-refractivity contribution is 5.93. The lowest BCUT2D eigenvalue weighted by Crippen LogP contribution is -2.55. The summed E-state index contributed by atoms with van der Waals surface area (Å²) in [5, 5.41) is 25.5. The van der Waals surface area contributed by atoms with E-state index in [1.807, 2.05) is 13.8 Å². The fourth-order valence-corrected chi connectivity index (χ4v) is 4.36. The van der Waals surface area contributed by atoms with Gasteiger partial charge in [0.15, 0.2) is 5.96 Å². The Kier molecular flexibility index (Phi) is 12.1. The van der Waals surface area contributed by atoms with Crippen LogP contribution in [0.4, 0.5) is 0 Å². The number of nitrogens with one attached hydrogen (secondary N) is 2. The van der Waals surface area contributed by atoms with E-state index in [0.29, 0.717) is 44.5 Å². The minimum Gasteiger partial charge on any atom is -0.508 e. The number of nitrogens with zero attached hydrogens (tertiary/aromatic N) is 2. The van der Waals surface area contributed by atoms with Gasteiger partial charge < -0.3 is 37.2 Å². The number of rotatable bonds is 14. The molecule has 37 heavy (non-hydrogen) atoms. The molecule has 2 rings (SSSR count). The van der Waals surface area contributed by atoms with Gasteiger partial charge in [0.1, 0.15) is 23.9 Å². The van der Waals surface area contributed by atoms with Crippen molar-refractivity contribution in [2.24, 2.45) is 22.4 Å². The number of guanidine groups is 1. The maximum absolute atomic E-state index is 13.4. The zero-order valence-corrected chi connectivity index (χ0v) is 21.9. The second-order valence-electron chi connectivity index (χ2n) is 9.93. The van der Waals surface area contributed by atoms with Crippen molar-refractivity contribution in [3.8, 4) is 5.75 Å². The number of unbranched alkanes of at least 4 members (excludes halogenated alkanes) is 2. The Labute approximate surface area is 218 Å². The topological polar surface area (TPSA) is 183 Å². The van der Waals surface area contributed by atoms with E-state index in [2.05, 4.69) is 15.6 Å². The monoisotopic (exact) mass is 518 g/mol. The molecular weight excluding hydrogens is 476 g/mol. The predicted molar refractivity (Wildman–Crippen MR) is 141 cm³/mol. The number of aliphatic hydroxyl groups is 1. The van der Waals surface area contributed by atoms with E-state index in [1.165, 1.54) is 12.1 Å². The number of phenols is 1. The van der Waals surface area contributed by atoms with E-state index >= 15 is 0 Å². The number of benzene rings is 1. The van der Waals surface area contributed by atoms with Gasteiger partial charge in [0.2, 0.25) is 17.7 Å². The molecular formula is C26H42N6O5. The summed E-state index contributed by atoms with van der Waals surface area (Å²) in [5.41, 5.74) is 11.3. The second-order valence-corrected chi connectivity index (χ2v) is 9.93. The van der Waals surface area contributed by atoms with Gasteiger partial charge in [-0.3, -0.25) is 19.4 Å². The van der Waals surface area contributed by atoms with Crippen molar-refractivity contribution in [1.82, 2.24) is 15.5 Å². The molecule has 206 valence electrons. The molecule has 1 fully saturated rings. The molecule has 1 aromatic rings. The smallest absolute Gasteiger partial charge is 0.249 e. The first-order chi connectivity index (χ1) is 17.6. The third-order valence-electron chi connectivity index (χ3n) is 6.26. The van der Waals surface area contributed by atoms with Crippen LogP contribution in [-0.2, 0) is 20.8 Å². The Morgan fingerprint density at radius 2 is 1.84 bits per heavy atom. The number of aromatic hydroxyl groups is 1. The Bertz CT molecular complexity index is 917. The molecule has 1 aromatic carbocycles. The predicted octanol–water partition coefficient (Wildman–Crippen LogP) is 0.377. The highest BCUT2D eigenvalue weighted by atomic mass is 16.3. The molecule has 1 aliphatic rings. The molecule has 1 heterocycles. The van der Waals surface area contributed by atoms with Gasteiger partial charge in [-0.25, -0.2) is 0 Å². The number of phenolic OH excluding ortho intramolecular Hbond substituents is 1. The summed E-state index contributed by atoms with van der Waals surface area (Å²) in [6.07, 6.45) is 2.80. The molecule has 0 bridgehead atoms. The number of aliphatic imine (C=N–C) groups is 1. The number of carbonyl (C=O) groups is 3. The first-order valence-electron chi connectivity index (χ1n) is 13.0. The Morgan fingerprint density at radius 1 is 1.14 bits per heavy atom. The van der Waals surface area contributed by atoms with Crippen LogP contribution in [0.3, 0.4) is 0 Å². The van der Waals surface area contributed by atoms with Gasteiger partial charge in [-0.1, -0.05) is 26.0 Å². The lowest BCUT2D eigenvalue weighted by atomic mass is 10.0. The summed E-state index contributed by atoms with van der Waals surface area (Å²) in [6.45, 7) is 5.37. The first kappa shape index (κ1) is 29.9. The van der Waals surface area contributed by atoms with Crippen LogP contribution >= 0.6 is 0 Å². The number of carbonyl (C=O) groups excluding carboxylic acids is 3. The summed E-state index contributed by atoms with van der Waals surface area (Å²) in [5.74, 6) is -0.883. The highest BCUT2D eigenvalue weighted by Crippen LogP contribution is 2.21. The lowest BCUT2D eigenvalue weighted by molar-refractivity contribution is -0.143. The van der Waals surface area contributed by atoms with Crippen LogP contribution in [-0.4, -0.2) is 76.6 Å². The number of aliphatic hydroxyl groups excluding tert-OH is 1. The lowest BCUT2D eigenvalue weighted by Gasteiger charge is -2.30. The molecule has 1 aliphatic heterocycles. The molecule has 3 atom stereocenters. The summed E-state index contributed by atoms with van der Waals surface area (Å²) in [7, 11) is 0. The van der Waals surface area contributed by atoms with Crippen molar-refractivity contribution in [3.63, 3.8) is 0 Å². The summed E-state index contributed by atoms with van der Waals surface area (Å²) in [6, 6.07) is 4.79. The molecule has 8 N–H and O–H groups in total. The Balaban J connectivity index is 1.92. The van der Waals surface area contributed by atoms with Crippen molar-refractivity contribution in [2.45, 2.75) is 77.0 Å². The van der Waals surface area contributed by atoms with Gasteiger partial charge in [0, 0.05) is 26.1 Å². The minimum absolute atomic E-state index is 0.0510. The van der Waals surface area contributed by atoms with Gasteiger partial charge in [0.25, 0.3) is 0 Å². The fraction of sp³-hybridized carbons (Fsp3) is 0.615. The average molecular weight is 519 g/mol. The molecule has 11 nitrogen and oxygen atoms in total. The minimum atomic E-state index is -1.35. The van der Waals surface area contributed by atoms with Crippen molar-refractivity contribution >= 4 is 23.7 Å².